The zero-order valence-corrected chi connectivity index (χ0v) is 11.2. The van der Waals surface area contributed by atoms with E-state index < -0.39 is 6.10 Å². The van der Waals surface area contributed by atoms with Gasteiger partial charge >= 0.3 is 0 Å². The number of rotatable bonds is 6. The third-order valence-electron chi connectivity index (χ3n) is 3.19. The highest BCUT2D eigenvalue weighted by atomic mass is 16.3. The first-order valence-electron chi connectivity index (χ1n) is 6.66. The molecular weight excluding hydrogens is 236 g/mol. The molecule has 0 saturated carbocycles. The highest BCUT2D eigenvalue weighted by molar-refractivity contribution is 5.22. The minimum Gasteiger partial charge on any atom is -0.387 e. The zero-order valence-electron chi connectivity index (χ0n) is 11.2. The average Bonchev–Trinajstić information content (AvgIpc) is 2.49. The number of nitrogens with zero attached hydrogens (tertiary/aromatic N) is 1. The van der Waals surface area contributed by atoms with Gasteiger partial charge in [-0.25, -0.2) is 0 Å². The van der Waals surface area contributed by atoms with E-state index in [4.69, 9.17) is 0 Å². The molecule has 3 nitrogen and oxygen atoms in total. The van der Waals surface area contributed by atoms with Gasteiger partial charge in [0.1, 0.15) is 0 Å². The van der Waals surface area contributed by atoms with Gasteiger partial charge in [-0.2, -0.15) is 0 Å². The Morgan fingerprint density at radius 2 is 1.68 bits per heavy atom. The van der Waals surface area contributed by atoms with Crippen LogP contribution in [0.25, 0.3) is 0 Å². The molecule has 0 aliphatic heterocycles. The van der Waals surface area contributed by atoms with Crippen LogP contribution in [0.15, 0.2) is 48.8 Å². The Hall–Kier alpha value is -1.71. The van der Waals surface area contributed by atoms with Crippen LogP contribution in [0.1, 0.15) is 29.7 Å². The summed E-state index contributed by atoms with van der Waals surface area (Å²) in [4.78, 5) is 3.94. The standard InChI is InChI=1S/C16H20N2O/c1-2-13-3-5-14(6-4-13)11-18-12-16(19)15-7-9-17-10-8-15/h3-10,16,18-19H,2,11-12H2,1H3. The molecule has 2 N–H and O–H groups in total. The molecule has 1 heterocycles. The quantitative estimate of drug-likeness (QED) is 0.834. The third-order valence-corrected chi connectivity index (χ3v) is 3.19. The van der Waals surface area contributed by atoms with Crippen molar-refractivity contribution in [3.05, 3.63) is 65.5 Å². The van der Waals surface area contributed by atoms with Gasteiger partial charge in [0, 0.05) is 25.5 Å². The van der Waals surface area contributed by atoms with Crippen LogP contribution in [0.3, 0.4) is 0 Å². The number of pyridine rings is 1. The predicted molar refractivity (Wildman–Crippen MR) is 76.7 cm³/mol. The van der Waals surface area contributed by atoms with E-state index >= 15 is 0 Å². The zero-order chi connectivity index (χ0) is 13.5. The van der Waals surface area contributed by atoms with E-state index in [1.807, 2.05) is 12.1 Å². The summed E-state index contributed by atoms with van der Waals surface area (Å²) < 4.78 is 0. The van der Waals surface area contributed by atoms with Crippen molar-refractivity contribution in [3.8, 4) is 0 Å². The Kier molecular flexibility index (Phi) is 5.07. The minimum absolute atomic E-state index is 0.488. The molecule has 2 rings (SSSR count). The monoisotopic (exact) mass is 256 g/mol. The van der Waals surface area contributed by atoms with Crippen molar-refractivity contribution < 1.29 is 5.11 Å². The molecule has 1 unspecified atom stereocenters. The van der Waals surface area contributed by atoms with Crippen LogP contribution in [0, 0.1) is 0 Å². The van der Waals surface area contributed by atoms with Crippen molar-refractivity contribution in [2.45, 2.75) is 26.0 Å². The summed E-state index contributed by atoms with van der Waals surface area (Å²) in [5.74, 6) is 0. The number of hydrogen-bond acceptors (Lipinski definition) is 3. The lowest BCUT2D eigenvalue weighted by Gasteiger charge is -2.12. The van der Waals surface area contributed by atoms with E-state index in [2.05, 4.69) is 41.5 Å². The molecule has 0 aliphatic carbocycles. The summed E-state index contributed by atoms with van der Waals surface area (Å²) in [5, 5.41) is 13.3. The van der Waals surface area contributed by atoms with Gasteiger partial charge in [0.05, 0.1) is 6.10 Å². The van der Waals surface area contributed by atoms with Gasteiger partial charge in [0.2, 0.25) is 0 Å². The van der Waals surface area contributed by atoms with Gasteiger partial charge in [-0.05, 0) is 35.2 Å². The van der Waals surface area contributed by atoms with Crippen LogP contribution in [0.2, 0.25) is 0 Å². The Morgan fingerprint density at radius 3 is 2.32 bits per heavy atom. The van der Waals surface area contributed by atoms with Crippen LogP contribution in [-0.4, -0.2) is 16.6 Å². The Bertz CT molecular complexity index is 482. The number of nitrogens with one attached hydrogen (secondary N) is 1. The van der Waals surface area contributed by atoms with E-state index in [1.165, 1.54) is 11.1 Å². The van der Waals surface area contributed by atoms with E-state index in [1.54, 1.807) is 12.4 Å². The Labute approximate surface area is 114 Å². The normalized spacial score (nSPS) is 12.3. The Morgan fingerprint density at radius 1 is 1.05 bits per heavy atom. The lowest BCUT2D eigenvalue weighted by atomic mass is 10.1. The second-order valence-electron chi connectivity index (χ2n) is 4.60. The summed E-state index contributed by atoms with van der Waals surface area (Å²) in [6.45, 7) is 3.46. The second kappa shape index (κ2) is 7.02. The molecule has 0 radical (unpaired) electrons. The first-order valence-corrected chi connectivity index (χ1v) is 6.66. The fourth-order valence-corrected chi connectivity index (χ4v) is 1.95. The summed E-state index contributed by atoms with van der Waals surface area (Å²) in [6, 6.07) is 12.2. The number of hydrogen-bond donors (Lipinski definition) is 2. The van der Waals surface area contributed by atoms with Gasteiger partial charge in [-0.15, -0.1) is 0 Å². The fourth-order valence-electron chi connectivity index (χ4n) is 1.95. The van der Waals surface area contributed by atoms with Gasteiger partial charge in [0.15, 0.2) is 0 Å². The first kappa shape index (κ1) is 13.7. The fraction of sp³-hybridized carbons (Fsp3) is 0.312. The minimum atomic E-state index is -0.488. The molecule has 2 aromatic rings. The molecule has 0 fully saturated rings. The van der Waals surface area contributed by atoms with Crippen molar-refractivity contribution in [3.63, 3.8) is 0 Å². The average molecular weight is 256 g/mol. The molecule has 19 heavy (non-hydrogen) atoms. The van der Waals surface area contributed by atoms with Crippen molar-refractivity contribution >= 4 is 0 Å². The maximum atomic E-state index is 9.99. The summed E-state index contributed by atoms with van der Waals surface area (Å²) >= 11 is 0. The summed E-state index contributed by atoms with van der Waals surface area (Å²) in [7, 11) is 0. The maximum Gasteiger partial charge on any atom is 0.0915 e. The van der Waals surface area contributed by atoms with Crippen LogP contribution in [-0.2, 0) is 13.0 Å². The lowest BCUT2D eigenvalue weighted by molar-refractivity contribution is 0.174. The highest BCUT2D eigenvalue weighted by Gasteiger charge is 2.05. The predicted octanol–water partition coefficient (Wildman–Crippen LogP) is 2.47. The lowest BCUT2D eigenvalue weighted by Crippen LogP contribution is -2.21. The third kappa shape index (κ3) is 4.16. The number of aliphatic hydroxyl groups is 1. The molecule has 1 atom stereocenters. The number of benzene rings is 1. The molecule has 1 aromatic carbocycles. The largest absolute Gasteiger partial charge is 0.387 e. The smallest absolute Gasteiger partial charge is 0.0915 e. The van der Waals surface area contributed by atoms with Crippen LogP contribution in [0.4, 0.5) is 0 Å². The van der Waals surface area contributed by atoms with E-state index in [-0.39, 0.29) is 0 Å². The molecule has 0 bridgehead atoms. The molecule has 0 saturated heterocycles. The van der Waals surface area contributed by atoms with Crippen molar-refractivity contribution in [2.24, 2.45) is 0 Å². The SMILES string of the molecule is CCc1ccc(CNCC(O)c2ccncc2)cc1. The molecule has 0 spiro atoms. The Balaban J connectivity index is 1.79. The van der Waals surface area contributed by atoms with Crippen LogP contribution < -0.4 is 5.32 Å². The summed E-state index contributed by atoms with van der Waals surface area (Å²) in [6.07, 6.45) is 3.97. The maximum absolute atomic E-state index is 9.99. The van der Waals surface area contributed by atoms with E-state index in [0.29, 0.717) is 6.54 Å². The van der Waals surface area contributed by atoms with E-state index in [0.717, 1.165) is 18.5 Å². The van der Waals surface area contributed by atoms with Gasteiger partial charge in [-0.3, -0.25) is 4.98 Å². The molecule has 100 valence electrons. The highest BCUT2D eigenvalue weighted by Crippen LogP contribution is 2.10. The second-order valence-corrected chi connectivity index (χ2v) is 4.60. The number of aromatic nitrogens is 1. The van der Waals surface area contributed by atoms with Crippen molar-refractivity contribution in [1.82, 2.24) is 10.3 Å². The van der Waals surface area contributed by atoms with Gasteiger partial charge in [-0.1, -0.05) is 31.2 Å². The topological polar surface area (TPSA) is 45.1 Å². The molecule has 0 amide bonds. The summed E-state index contributed by atoms with van der Waals surface area (Å²) in [5.41, 5.74) is 3.48. The van der Waals surface area contributed by atoms with Crippen LogP contribution >= 0.6 is 0 Å². The molecular formula is C16H20N2O. The van der Waals surface area contributed by atoms with E-state index in [9.17, 15) is 5.11 Å². The first-order chi connectivity index (χ1) is 9.29. The van der Waals surface area contributed by atoms with Gasteiger partial charge in [0.25, 0.3) is 0 Å². The van der Waals surface area contributed by atoms with Crippen LogP contribution in [0.5, 0.6) is 0 Å². The number of aliphatic hydroxyl groups excluding tert-OH is 1. The number of aryl methyl sites for hydroxylation is 1. The van der Waals surface area contributed by atoms with Crippen molar-refractivity contribution in [2.75, 3.05) is 6.54 Å². The van der Waals surface area contributed by atoms with Crippen molar-refractivity contribution in [1.29, 1.82) is 0 Å². The molecule has 1 aromatic heterocycles. The molecule has 0 aliphatic rings. The molecule has 3 heteroatoms. The van der Waals surface area contributed by atoms with Gasteiger partial charge < -0.3 is 10.4 Å².